The van der Waals surface area contributed by atoms with Crippen LogP contribution in [0.3, 0.4) is 0 Å². The van der Waals surface area contributed by atoms with E-state index in [1.165, 1.54) is 0 Å². The van der Waals surface area contributed by atoms with Crippen molar-refractivity contribution in [2.24, 2.45) is 0 Å². The van der Waals surface area contributed by atoms with Crippen LogP contribution in [0.1, 0.15) is 13.3 Å². The molecule has 0 saturated carbocycles. The fraction of sp³-hybridized carbons (Fsp3) is 0.235. The molecule has 4 nitrogen and oxygen atoms in total. The van der Waals surface area contributed by atoms with E-state index in [1.807, 2.05) is 41.8 Å². The summed E-state index contributed by atoms with van der Waals surface area (Å²) in [5, 5.41) is 11.9. The molecule has 0 amide bonds. The molecule has 110 valence electrons. The van der Waals surface area contributed by atoms with Crippen LogP contribution in [0.5, 0.6) is 0 Å². The van der Waals surface area contributed by atoms with E-state index >= 15 is 0 Å². The Labute approximate surface area is 133 Å². The largest absolute Gasteiger partial charge is 0.355 e. The maximum absolute atomic E-state index is 8.87. The van der Waals surface area contributed by atoms with Crippen molar-refractivity contribution < 1.29 is 0 Å². The normalized spacial score (nSPS) is 10.5. The Morgan fingerprint density at radius 1 is 1.18 bits per heavy atom. The average Bonchev–Trinajstić information content (AvgIpc) is 3.09. The zero-order valence-corrected chi connectivity index (χ0v) is 13.2. The third kappa shape index (κ3) is 2.78. The van der Waals surface area contributed by atoms with Gasteiger partial charge in [-0.25, -0.2) is 9.97 Å². The van der Waals surface area contributed by atoms with Crippen LogP contribution in [0.4, 0.5) is 5.82 Å². The molecule has 2 heterocycles. The van der Waals surface area contributed by atoms with Gasteiger partial charge in [-0.2, -0.15) is 5.26 Å². The molecule has 0 radical (unpaired) electrons. The zero-order chi connectivity index (χ0) is 15.4. The number of fused-ring (bicyclic) bond motifs is 1. The van der Waals surface area contributed by atoms with Gasteiger partial charge in [0.05, 0.1) is 22.9 Å². The van der Waals surface area contributed by atoms with E-state index in [9.17, 15) is 0 Å². The van der Waals surface area contributed by atoms with Gasteiger partial charge in [0.1, 0.15) is 5.82 Å². The Morgan fingerprint density at radius 2 is 2.05 bits per heavy atom. The van der Waals surface area contributed by atoms with Gasteiger partial charge in [-0.05, 0) is 30.5 Å². The van der Waals surface area contributed by atoms with Gasteiger partial charge in [0.15, 0.2) is 5.82 Å². The number of benzene rings is 1. The van der Waals surface area contributed by atoms with Crippen LogP contribution >= 0.6 is 11.3 Å². The standard InChI is InChI=1S/C17H16N4S/c1-2-21(11-6-10-18)17-13-7-3-4-8-14(13)19-16(20-17)15-9-5-12-22-15/h3-5,7-9,12H,2,6,11H2,1H3. The van der Waals surface area contributed by atoms with E-state index in [0.717, 1.165) is 34.0 Å². The predicted molar refractivity (Wildman–Crippen MR) is 91.0 cm³/mol. The van der Waals surface area contributed by atoms with Gasteiger partial charge in [-0.3, -0.25) is 0 Å². The quantitative estimate of drug-likeness (QED) is 0.712. The monoisotopic (exact) mass is 308 g/mol. The highest BCUT2D eigenvalue weighted by Crippen LogP contribution is 2.29. The lowest BCUT2D eigenvalue weighted by atomic mass is 10.2. The van der Waals surface area contributed by atoms with Crippen LogP contribution in [0.15, 0.2) is 41.8 Å². The highest BCUT2D eigenvalue weighted by Gasteiger charge is 2.14. The van der Waals surface area contributed by atoms with Crippen molar-refractivity contribution in [1.29, 1.82) is 5.26 Å². The Kier molecular flexibility index (Phi) is 4.31. The van der Waals surface area contributed by atoms with Crippen molar-refractivity contribution >= 4 is 28.1 Å². The minimum atomic E-state index is 0.487. The first-order valence-electron chi connectivity index (χ1n) is 7.26. The number of hydrogen-bond acceptors (Lipinski definition) is 5. The van der Waals surface area contributed by atoms with Crippen molar-refractivity contribution in [2.75, 3.05) is 18.0 Å². The Balaban J connectivity index is 2.16. The fourth-order valence-corrected chi connectivity index (χ4v) is 3.07. The summed E-state index contributed by atoms with van der Waals surface area (Å²) in [5.74, 6) is 1.66. The van der Waals surface area contributed by atoms with Crippen molar-refractivity contribution in [1.82, 2.24) is 9.97 Å². The fourth-order valence-electron chi connectivity index (χ4n) is 2.42. The number of para-hydroxylation sites is 1. The van der Waals surface area contributed by atoms with E-state index in [4.69, 9.17) is 10.2 Å². The minimum absolute atomic E-state index is 0.487. The van der Waals surface area contributed by atoms with Crippen LogP contribution in [0, 0.1) is 11.3 Å². The Morgan fingerprint density at radius 3 is 2.77 bits per heavy atom. The van der Waals surface area contributed by atoms with Gasteiger partial charge in [0, 0.05) is 18.5 Å². The number of anilines is 1. The smallest absolute Gasteiger partial charge is 0.172 e. The summed E-state index contributed by atoms with van der Waals surface area (Å²) in [5.41, 5.74) is 0.936. The van der Waals surface area contributed by atoms with Crippen molar-refractivity contribution in [3.63, 3.8) is 0 Å². The van der Waals surface area contributed by atoms with E-state index < -0.39 is 0 Å². The maximum Gasteiger partial charge on any atom is 0.172 e. The molecule has 0 saturated heterocycles. The average molecular weight is 308 g/mol. The van der Waals surface area contributed by atoms with Crippen LogP contribution < -0.4 is 4.90 Å². The number of nitrogens with zero attached hydrogens (tertiary/aromatic N) is 4. The second-order valence-electron chi connectivity index (χ2n) is 4.85. The summed E-state index contributed by atoms with van der Waals surface area (Å²) in [6, 6.07) is 14.3. The SMILES string of the molecule is CCN(CCC#N)c1nc(-c2cccs2)nc2ccccc12. The lowest BCUT2D eigenvalue weighted by molar-refractivity contribution is 0.814. The number of rotatable bonds is 5. The molecule has 1 aromatic carbocycles. The maximum atomic E-state index is 8.87. The van der Waals surface area contributed by atoms with Gasteiger partial charge in [0.25, 0.3) is 0 Å². The van der Waals surface area contributed by atoms with E-state index in [2.05, 4.69) is 22.9 Å². The molecule has 0 unspecified atom stereocenters. The minimum Gasteiger partial charge on any atom is -0.355 e. The first-order valence-corrected chi connectivity index (χ1v) is 8.14. The van der Waals surface area contributed by atoms with Crippen molar-refractivity contribution in [3.8, 4) is 16.8 Å². The van der Waals surface area contributed by atoms with Crippen LogP contribution in [0.25, 0.3) is 21.6 Å². The summed E-state index contributed by atoms with van der Waals surface area (Å²) in [7, 11) is 0. The Hall–Kier alpha value is -2.45. The molecule has 0 aliphatic carbocycles. The first kappa shape index (κ1) is 14.5. The lowest BCUT2D eigenvalue weighted by Gasteiger charge is -2.22. The van der Waals surface area contributed by atoms with Crippen LogP contribution in [-0.4, -0.2) is 23.1 Å². The molecule has 3 rings (SSSR count). The van der Waals surface area contributed by atoms with E-state index in [0.29, 0.717) is 13.0 Å². The van der Waals surface area contributed by atoms with Gasteiger partial charge < -0.3 is 4.90 Å². The molecular formula is C17H16N4S. The summed E-state index contributed by atoms with van der Waals surface area (Å²) in [4.78, 5) is 12.7. The highest BCUT2D eigenvalue weighted by atomic mass is 32.1. The first-order chi connectivity index (χ1) is 10.8. The topological polar surface area (TPSA) is 52.8 Å². The molecule has 22 heavy (non-hydrogen) atoms. The Bertz CT molecular complexity index is 805. The highest BCUT2D eigenvalue weighted by molar-refractivity contribution is 7.13. The second kappa shape index (κ2) is 6.54. The summed E-state index contributed by atoms with van der Waals surface area (Å²) in [6.45, 7) is 3.57. The van der Waals surface area contributed by atoms with Gasteiger partial charge in [-0.15, -0.1) is 11.3 Å². The number of hydrogen-bond donors (Lipinski definition) is 0. The summed E-state index contributed by atoms with van der Waals surface area (Å²) in [6.07, 6.45) is 0.487. The van der Waals surface area contributed by atoms with E-state index in [-0.39, 0.29) is 0 Å². The van der Waals surface area contributed by atoms with Crippen molar-refractivity contribution in [2.45, 2.75) is 13.3 Å². The summed E-state index contributed by atoms with van der Waals surface area (Å²) >= 11 is 1.63. The number of aromatic nitrogens is 2. The molecule has 0 atom stereocenters. The number of thiophene rings is 1. The zero-order valence-electron chi connectivity index (χ0n) is 12.4. The van der Waals surface area contributed by atoms with Gasteiger partial charge in [0.2, 0.25) is 0 Å². The van der Waals surface area contributed by atoms with Crippen LogP contribution in [-0.2, 0) is 0 Å². The molecule has 2 aromatic heterocycles. The molecule has 0 aliphatic heterocycles. The predicted octanol–water partition coefficient (Wildman–Crippen LogP) is 4.10. The van der Waals surface area contributed by atoms with Crippen LogP contribution in [0.2, 0.25) is 0 Å². The molecule has 0 spiro atoms. The molecule has 3 aromatic rings. The summed E-state index contributed by atoms with van der Waals surface area (Å²) < 4.78 is 0. The van der Waals surface area contributed by atoms with Crippen molar-refractivity contribution in [3.05, 3.63) is 41.8 Å². The van der Waals surface area contributed by atoms with E-state index in [1.54, 1.807) is 11.3 Å². The third-order valence-electron chi connectivity index (χ3n) is 3.50. The molecule has 0 aliphatic rings. The lowest BCUT2D eigenvalue weighted by Crippen LogP contribution is -2.25. The molecule has 0 N–H and O–H groups in total. The molecule has 5 heteroatoms. The van der Waals surface area contributed by atoms with Gasteiger partial charge in [-0.1, -0.05) is 18.2 Å². The second-order valence-corrected chi connectivity index (χ2v) is 5.80. The third-order valence-corrected chi connectivity index (χ3v) is 4.37. The van der Waals surface area contributed by atoms with Gasteiger partial charge >= 0.3 is 0 Å². The molecular weight excluding hydrogens is 292 g/mol. The molecule has 0 fully saturated rings. The molecule has 0 bridgehead atoms. The number of nitriles is 1.